The summed E-state index contributed by atoms with van der Waals surface area (Å²) in [4.78, 5) is 29.2. The molecule has 2 aliphatic heterocycles. The Morgan fingerprint density at radius 1 is 1.00 bits per heavy atom. The van der Waals surface area contributed by atoms with Gasteiger partial charge in [-0.05, 0) is 36.4 Å². The van der Waals surface area contributed by atoms with Gasteiger partial charge in [0.25, 0.3) is 5.91 Å². The number of hydrogen-bond acceptors (Lipinski definition) is 6. The SMILES string of the molecule is O=C1CC(N(CCN2CCOCC2)S(=O)(=O)c2ccc(Cl)cc2)C(=O)N1c1ccccc1. The lowest BCUT2D eigenvalue weighted by atomic mass is 10.2. The first-order valence-corrected chi connectivity index (χ1v) is 12.2. The topological polar surface area (TPSA) is 87.2 Å². The third kappa shape index (κ3) is 4.72. The molecule has 2 amide bonds. The summed E-state index contributed by atoms with van der Waals surface area (Å²) in [5.74, 6) is -0.963. The number of halogens is 1. The molecule has 0 aliphatic carbocycles. The van der Waals surface area contributed by atoms with Crippen LogP contribution < -0.4 is 4.90 Å². The Balaban J connectivity index is 1.64. The number of ether oxygens (including phenoxy) is 1. The monoisotopic (exact) mass is 477 g/mol. The first-order chi connectivity index (χ1) is 15.4. The summed E-state index contributed by atoms with van der Waals surface area (Å²) in [6.07, 6.45) is -0.205. The van der Waals surface area contributed by atoms with E-state index in [9.17, 15) is 18.0 Å². The molecule has 4 rings (SSSR count). The molecule has 8 nitrogen and oxygen atoms in total. The quantitative estimate of drug-likeness (QED) is 0.567. The number of para-hydroxylation sites is 1. The largest absolute Gasteiger partial charge is 0.379 e. The molecule has 2 aromatic carbocycles. The van der Waals surface area contributed by atoms with Gasteiger partial charge in [-0.2, -0.15) is 4.31 Å². The van der Waals surface area contributed by atoms with Crippen molar-refractivity contribution < 1.29 is 22.7 Å². The molecule has 0 radical (unpaired) electrons. The number of carbonyl (C=O) groups excluding carboxylic acids is 2. The van der Waals surface area contributed by atoms with Gasteiger partial charge in [0.05, 0.1) is 30.2 Å². The fraction of sp³-hybridized carbons (Fsp3) is 0.364. The third-order valence-electron chi connectivity index (χ3n) is 5.65. The van der Waals surface area contributed by atoms with E-state index in [1.165, 1.54) is 24.3 Å². The molecule has 10 heteroatoms. The molecule has 0 bridgehead atoms. The number of nitrogens with zero attached hydrogens (tertiary/aromatic N) is 3. The number of hydrogen-bond donors (Lipinski definition) is 0. The zero-order valence-electron chi connectivity index (χ0n) is 17.4. The van der Waals surface area contributed by atoms with Gasteiger partial charge in [-0.1, -0.05) is 29.8 Å². The van der Waals surface area contributed by atoms with Gasteiger partial charge in [0.15, 0.2) is 0 Å². The van der Waals surface area contributed by atoms with E-state index < -0.39 is 27.9 Å². The Bertz CT molecular complexity index is 1070. The molecule has 32 heavy (non-hydrogen) atoms. The average molecular weight is 478 g/mol. The Hall–Kier alpha value is -2.30. The van der Waals surface area contributed by atoms with Crippen molar-refractivity contribution in [3.8, 4) is 0 Å². The Morgan fingerprint density at radius 3 is 2.31 bits per heavy atom. The molecule has 170 valence electrons. The maximum atomic E-state index is 13.6. The number of rotatable bonds is 7. The van der Waals surface area contributed by atoms with Gasteiger partial charge >= 0.3 is 0 Å². The molecule has 0 saturated carbocycles. The van der Waals surface area contributed by atoms with Crippen LogP contribution in [0.5, 0.6) is 0 Å². The van der Waals surface area contributed by atoms with Crippen molar-refractivity contribution in [2.75, 3.05) is 44.3 Å². The standard InChI is InChI=1S/C22H24ClN3O5S/c23-17-6-8-19(9-7-17)32(29,30)25(11-10-24-12-14-31-15-13-24)20-16-21(27)26(22(20)28)18-4-2-1-3-5-18/h1-9,20H,10-16H2. The molecule has 2 aliphatic rings. The highest BCUT2D eigenvalue weighted by Crippen LogP contribution is 2.29. The zero-order valence-corrected chi connectivity index (χ0v) is 19.0. The third-order valence-corrected chi connectivity index (χ3v) is 7.82. The second-order valence-electron chi connectivity index (χ2n) is 7.65. The van der Waals surface area contributed by atoms with E-state index in [-0.39, 0.29) is 17.9 Å². The van der Waals surface area contributed by atoms with Crippen molar-refractivity contribution in [3.05, 3.63) is 59.6 Å². The van der Waals surface area contributed by atoms with Crippen molar-refractivity contribution in [2.45, 2.75) is 17.4 Å². The van der Waals surface area contributed by atoms with Crippen molar-refractivity contribution in [1.82, 2.24) is 9.21 Å². The fourth-order valence-electron chi connectivity index (χ4n) is 3.94. The normalized spacial score (nSPS) is 20.3. The Morgan fingerprint density at radius 2 is 1.66 bits per heavy atom. The van der Waals surface area contributed by atoms with E-state index in [4.69, 9.17) is 16.3 Å². The van der Waals surface area contributed by atoms with E-state index in [0.29, 0.717) is 43.6 Å². The van der Waals surface area contributed by atoms with Crippen LogP contribution in [0.25, 0.3) is 0 Å². The molecule has 2 fully saturated rings. The molecular weight excluding hydrogens is 454 g/mol. The minimum atomic E-state index is -4.05. The number of imide groups is 1. The van der Waals surface area contributed by atoms with E-state index in [2.05, 4.69) is 4.90 Å². The molecule has 1 atom stereocenters. The highest BCUT2D eigenvalue weighted by Gasteiger charge is 2.46. The molecule has 0 spiro atoms. The second-order valence-corrected chi connectivity index (χ2v) is 9.97. The van der Waals surface area contributed by atoms with Gasteiger partial charge in [-0.15, -0.1) is 0 Å². The molecule has 2 heterocycles. The summed E-state index contributed by atoms with van der Waals surface area (Å²) in [6, 6.07) is 13.3. The summed E-state index contributed by atoms with van der Waals surface area (Å²) in [5, 5.41) is 0.409. The van der Waals surface area contributed by atoms with Crippen LogP contribution in [0.1, 0.15) is 6.42 Å². The van der Waals surface area contributed by atoms with Crippen LogP contribution in [-0.2, 0) is 24.3 Å². The van der Waals surface area contributed by atoms with Crippen LogP contribution in [0.15, 0.2) is 59.5 Å². The maximum Gasteiger partial charge on any atom is 0.252 e. The van der Waals surface area contributed by atoms with Crippen LogP contribution in [0.2, 0.25) is 5.02 Å². The number of carbonyl (C=O) groups is 2. The number of anilines is 1. The van der Waals surface area contributed by atoms with Gasteiger partial charge < -0.3 is 4.74 Å². The molecule has 0 aromatic heterocycles. The van der Waals surface area contributed by atoms with Gasteiger partial charge in [0.1, 0.15) is 6.04 Å². The first-order valence-electron chi connectivity index (χ1n) is 10.4. The maximum absolute atomic E-state index is 13.6. The van der Waals surface area contributed by atoms with Crippen molar-refractivity contribution in [1.29, 1.82) is 0 Å². The van der Waals surface area contributed by atoms with Crippen LogP contribution in [-0.4, -0.2) is 74.9 Å². The van der Waals surface area contributed by atoms with Crippen molar-refractivity contribution in [3.63, 3.8) is 0 Å². The lowest BCUT2D eigenvalue weighted by molar-refractivity contribution is -0.122. The average Bonchev–Trinajstić information content (AvgIpc) is 3.09. The molecule has 2 saturated heterocycles. The van der Waals surface area contributed by atoms with E-state index in [1.807, 2.05) is 0 Å². The summed E-state index contributed by atoms with van der Waals surface area (Å²) in [7, 11) is -4.05. The summed E-state index contributed by atoms with van der Waals surface area (Å²) >= 11 is 5.93. The lowest BCUT2D eigenvalue weighted by Gasteiger charge is -2.31. The minimum Gasteiger partial charge on any atom is -0.379 e. The fourth-order valence-corrected chi connectivity index (χ4v) is 5.64. The van der Waals surface area contributed by atoms with E-state index in [1.54, 1.807) is 30.3 Å². The van der Waals surface area contributed by atoms with Crippen LogP contribution >= 0.6 is 11.6 Å². The predicted molar refractivity (Wildman–Crippen MR) is 120 cm³/mol. The molecular formula is C22H24ClN3O5S. The predicted octanol–water partition coefficient (Wildman–Crippen LogP) is 2.00. The number of sulfonamides is 1. The van der Waals surface area contributed by atoms with Crippen molar-refractivity contribution in [2.24, 2.45) is 0 Å². The van der Waals surface area contributed by atoms with E-state index in [0.717, 1.165) is 9.21 Å². The highest BCUT2D eigenvalue weighted by molar-refractivity contribution is 7.89. The Labute approximate surface area is 192 Å². The van der Waals surface area contributed by atoms with E-state index >= 15 is 0 Å². The highest BCUT2D eigenvalue weighted by atomic mass is 35.5. The number of benzene rings is 2. The zero-order chi connectivity index (χ0) is 22.7. The summed E-state index contributed by atoms with van der Waals surface area (Å²) in [6.45, 7) is 3.03. The first kappa shape index (κ1) is 22.9. The van der Waals surface area contributed by atoms with Gasteiger partial charge in [0, 0.05) is 31.2 Å². The van der Waals surface area contributed by atoms with Crippen LogP contribution in [0.3, 0.4) is 0 Å². The second kappa shape index (κ2) is 9.68. The molecule has 1 unspecified atom stereocenters. The van der Waals surface area contributed by atoms with Gasteiger partial charge in [0.2, 0.25) is 15.9 Å². The lowest BCUT2D eigenvalue weighted by Crippen LogP contribution is -2.49. The van der Waals surface area contributed by atoms with Gasteiger partial charge in [-0.3, -0.25) is 14.5 Å². The summed E-state index contributed by atoms with van der Waals surface area (Å²) in [5.41, 5.74) is 0.432. The van der Waals surface area contributed by atoms with Crippen molar-refractivity contribution >= 4 is 39.1 Å². The summed E-state index contributed by atoms with van der Waals surface area (Å²) < 4.78 is 33.6. The Kier molecular flexibility index (Phi) is 6.92. The smallest absolute Gasteiger partial charge is 0.252 e. The molecule has 0 N–H and O–H groups in total. The molecule has 2 aromatic rings. The van der Waals surface area contributed by atoms with Crippen LogP contribution in [0.4, 0.5) is 5.69 Å². The minimum absolute atomic E-state index is 0.0299. The number of amides is 2. The van der Waals surface area contributed by atoms with Crippen LogP contribution in [0, 0.1) is 0 Å². The van der Waals surface area contributed by atoms with Gasteiger partial charge in [-0.25, -0.2) is 13.3 Å². The number of morpholine rings is 1.